The normalized spacial score (nSPS) is 11.4. The molecule has 0 unspecified atom stereocenters. The smallest absolute Gasteiger partial charge is 0.251 e. The number of amides is 1. The molecule has 34 heavy (non-hydrogen) atoms. The minimum atomic E-state index is -0.119. The maximum atomic E-state index is 12.3. The molecule has 1 aromatic carbocycles. The highest BCUT2D eigenvalue weighted by atomic mass is 32.1. The predicted octanol–water partition coefficient (Wildman–Crippen LogP) is 4.12. The van der Waals surface area contributed by atoms with E-state index in [0.717, 1.165) is 44.9 Å². The Labute approximate surface area is 206 Å². The second-order valence-electron chi connectivity index (χ2n) is 7.89. The number of aryl methyl sites for hydroxylation is 1. The fraction of sp³-hybridized carbons (Fsp3) is 0.240. The van der Waals surface area contributed by atoms with E-state index in [0.29, 0.717) is 12.1 Å². The number of carbonyl (C=O) groups excluding carboxylic acids is 1. The van der Waals surface area contributed by atoms with Crippen LogP contribution in [0.3, 0.4) is 0 Å². The minimum absolute atomic E-state index is 0. The van der Waals surface area contributed by atoms with Crippen molar-refractivity contribution >= 4 is 41.9 Å². The Kier molecular flexibility index (Phi) is 8.01. The summed E-state index contributed by atoms with van der Waals surface area (Å²) in [4.78, 5) is 30.0. The van der Waals surface area contributed by atoms with Gasteiger partial charge in [-0.15, -0.1) is 0 Å². The average molecular weight is 476 g/mol. The summed E-state index contributed by atoms with van der Waals surface area (Å²) in [7, 11) is 3.49. The van der Waals surface area contributed by atoms with Gasteiger partial charge in [0, 0.05) is 56.0 Å². The first-order valence-corrected chi connectivity index (χ1v) is 10.8. The maximum Gasteiger partial charge on any atom is 0.251 e. The molecule has 3 N–H and O–H groups in total. The van der Waals surface area contributed by atoms with Crippen molar-refractivity contribution in [2.24, 2.45) is 0 Å². The van der Waals surface area contributed by atoms with Crippen molar-refractivity contribution in [3.8, 4) is 11.3 Å². The van der Waals surface area contributed by atoms with Gasteiger partial charge >= 0.3 is 0 Å². The first-order valence-electron chi connectivity index (χ1n) is 10.8. The summed E-state index contributed by atoms with van der Waals surface area (Å²) in [5, 5.41) is 10.0. The van der Waals surface area contributed by atoms with Crippen molar-refractivity contribution in [2.75, 3.05) is 31.3 Å². The van der Waals surface area contributed by atoms with Crippen molar-refractivity contribution in [1.82, 2.24) is 25.3 Å². The average Bonchev–Trinajstić information content (AvgIpc) is 2.86. The van der Waals surface area contributed by atoms with Crippen LogP contribution in [-0.4, -0.2) is 46.5 Å². The number of hydrogen-bond donors (Lipinski definition) is 3. The molecule has 176 valence electrons. The van der Waals surface area contributed by atoms with Crippen LogP contribution in [0.25, 0.3) is 22.2 Å². The van der Waals surface area contributed by atoms with Crippen LogP contribution in [0.5, 0.6) is 0 Å². The lowest BCUT2D eigenvalue weighted by Crippen LogP contribution is -2.18. The van der Waals surface area contributed by atoms with Crippen molar-refractivity contribution in [3.05, 3.63) is 71.8 Å². The lowest BCUT2D eigenvalue weighted by Gasteiger charge is -2.16. The number of nitrogens with zero attached hydrogens (tertiary/aromatic N) is 4. The van der Waals surface area contributed by atoms with Gasteiger partial charge in [0.1, 0.15) is 18.0 Å². The molecule has 0 spiro atoms. The van der Waals surface area contributed by atoms with E-state index < -0.39 is 0 Å². The van der Waals surface area contributed by atoms with Crippen LogP contribution in [-0.2, 0) is 0 Å². The first kappa shape index (κ1) is 24.9. The number of nitrogens with one attached hydrogen (secondary N) is 3. The Morgan fingerprint density at radius 3 is 2.62 bits per heavy atom. The largest absolute Gasteiger partial charge is 0.373 e. The second kappa shape index (κ2) is 10.9. The summed E-state index contributed by atoms with van der Waals surface area (Å²) in [6, 6.07) is 11.7. The molecule has 4 rings (SSSR count). The number of anilines is 2. The molecule has 3 heterocycles. The molecule has 0 aliphatic carbocycles. The van der Waals surface area contributed by atoms with Crippen molar-refractivity contribution in [3.63, 3.8) is 0 Å². The van der Waals surface area contributed by atoms with Gasteiger partial charge in [0.2, 0.25) is 0 Å². The monoisotopic (exact) mass is 475 g/mol. The molecule has 0 radical (unpaired) electrons. The van der Waals surface area contributed by atoms with Crippen LogP contribution in [0.4, 0.5) is 11.6 Å². The number of fused-ring (bicyclic) bond motifs is 1. The minimum Gasteiger partial charge on any atom is -0.373 e. The predicted molar refractivity (Wildman–Crippen MR) is 142 cm³/mol. The molecule has 0 bridgehead atoms. The van der Waals surface area contributed by atoms with Crippen molar-refractivity contribution < 1.29 is 4.79 Å². The number of rotatable bonds is 7. The second-order valence-corrected chi connectivity index (χ2v) is 7.89. The molecule has 4 aromatic rings. The molecule has 0 saturated heterocycles. The van der Waals surface area contributed by atoms with Gasteiger partial charge < -0.3 is 16.0 Å². The lowest BCUT2D eigenvalue weighted by molar-refractivity contribution is 0.0964. The van der Waals surface area contributed by atoms with Crippen LogP contribution in [0.1, 0.15) is 34.3 Å². The lowest BCUT2D eigenvalue weighted by atomic mass is 9.96. The highest BCUT2D eigenvalue weighted by Crippen LogP contribution is 2.27. The molecule has 1 amide bonds. The van der Waals surface area contributed by atoms with Crippen LogP contribution in [0.2, 0.25) is 0 Å². The highest BCUT2D eigenvalue weighted by molar-refractivity contribution is 7.59. The van der Waals surface area contributed by atoms with Gasteiger partial charge in [-0.3, -0.25) is 9.78 Å². The van der Waals surface area contributed by atoms with E-state index in [1.165, 1.54) is 0 Å². The summed E-state index contributed by atoms with van der Waals surface area (Å²) >= 11 is 0. The summed E-state index contributed by atoms with van der Waals surface area (Å²) in [5.74, 6) is 1.61. The van der Waals surface area contributed by atoms with Crippen LogP contribution in [0.15, 0.2) is 55.1 Å². The van der Waals surface area contributed by atoms with Gasteiger partial charge in [0.15, 0.2) is 0 Å². The van der Waals surface area contributed by atoms with Gasteiger partial charge in [0.05, 0.1) is 16.8 Å². The third kappa shape index (κ3) is 5.09. The zero-order valence-electron chi connectivity index (χ0n) is 19.7. The van der Waals surface area contributed by atoms with Gasteiger partial charge in [-0.05, 0) is 30.2 Å². The standard InChI is InChI=1S/C25H27N7O.H2S/c1-15-10-17(13-30-24(15)26-3)21-11-22(32-14-31-21)29-12-16(2)18-6-5-7-19-20(25(33)27-4)8-9-28-23(18)19;/h5-11,13-14,16H,12H2,1-4H3,(H,26,30)(H,27,33)(H,29,31,32);1H2/t16-;/m1./s1. The van der Waals surface area contributed by atoms with Gasteiger partial charge in [-0.1, -0.05) is 25.1 Å². The molecule has 0 saturated carbocycles. The number of hydrogen-bond acceptors (Lipinski definition) is 7. The molecular weight excluding hydrogens is 446 g/mol. The van der Waals surface area contributed by atoms with Crippen LogP contribution >= 0.6 is 13.5 Å². The number of carbonyl (C=O) groups is 1. The van der Waals surface area contributed by atoms with Crippen LogP contribution in [0, 0.1) is 6.92 Å². The molecule has 8 nitrogen and oxygen atoms in total. The molecule has 0 fully saturated rings. The Bertz CT molecular complexity index is 1310. The van der Waals surface area contributed by atoms with E-state index in [1.54, 1.807) is 31.8 Å². The van der Waals surface area contributed by atoms with E-state index in [4.69, 9.17) is 0 Å². The van der Waals surface area contributed by atoms with Gasteiger partial charge in [-0.2, -0.15) is 13.5 Å². The summed E-state index contributed by atoms with van der Waals surface area (Å²) < 4.78 is 0. The highest BCUT2D eigenvalue weighted by Gasteiger charge is 2.15. The van der Waals surface area contributed by atoms with E-state index in [9.17, 15) is 4.79 Å². The number of para-hydroxylation sites is 1. The van der Waals surface area contributed by atoms with E-state index >= 15 is 0 Å². The van der Waals surface area contributed by atoms with Crippen molar-refractivity contribution in [1.29, 1.82) is 0 Å². The van der Waals surface area contributed by atoms with Gasteiger partial charge in [-0.25, -0.2) is 15.0 Å². The Morgan fingerprint density at radius 2 is 1.88 bits per heavy atom. The van der Waals surface area contributed by atoms with E-state index in [-0.39, 0.29) is 25.3 Å². The summed E-state index contributed by atoms with van der Waals surface area (Å²) in [5.41, 5.74) is 5.32. The molecule has 3 aromatic heterocycles. The SMILES string of the molecule is CNC(=O)c1ccnc2c([C@H](C)CNc3cc(-c4cnc(NC)c(C)c4)ncn3)cccc12.S. The first-order chi connectivity index (χ1) is 16.0. The maximum absolute atomic E-state index is 12.3. The van der Waals surface area contributed by atoms with Crippen molar-refractivity contribution in [2.45, 2.75) is 19.8 Å². The zero-order chi connectivity index (χ0) is 23.4. The third-order valence-corrected chi connectivity index (χ3v) is 5.67. The molecule has 1 atom stereocenters. The molecule has 0 aliphatic rings. The Morgan fingerprint density at radius 1 is 1.06 bits per heavy atom. The summed E-state index contributed by atoms with van der Waals surface area (Å²) in [6.07, 6.45) is 5.04. The number of aromatic nitrogens is 4. The summed E-state index contributed by atoms with van der Waals surface area (Å²) in [6.45, 7) is 4.79. The quantitative estimate of drug-likeness (QED) is 0.369. The van der Waals surface area contributed by atoms with Crippen LogP contribution < -0.4 is 16.0 Å². The Hall–Kier alpha value is -3.72. The zero-order valence-corrected chi connectivity index (χ0v) is 20.7. The fourth-order valence-corrected chi connectivity index (χ4v) is 3.89. The van der Waals surface area contributed by atoms with E-state index in [2.05, 4.69) is 54.9 Å². The molecular formula is C25H29N7OS. The van der Waals surface area contributed by atoms with E-state index in [1.807, 2.05) is 32.2 Å². The van der Waals surface area contributed by atoms with Gasteiger partial charge in [0.25, 0.3) is 5.91 Å². The molecule has 9 heteroatoms. The number of benzene rings is 1. The number of pyridine rings is 2. The Balaban J connectivity index is 0.00000324. The third-order valence-electron chi connectivity index (χ3n) is 5.67. The molecule has 0 aliphatic heterocycles. The topological polar surface area (TPSA) is 105 Å². The fourth-order valence-electron chi connectivity index (χ4n) is 3.89.